The molecular weight excluding hydrogens is 216 g/mol. The lowest BCUT2D eigenvalue weighted by atomic mass is 10.2. The summed E-state index contributed by atoms with van der Waals surface area (Å²) in [5.74, 6) is -0.279. The van der Waals surface area contributed by atoms with Crippen LogP contribution in [0.2, 0.25) is 5.28 Å². The van der Waals surface area contributed by atoms with Gasteiger partial charge in [0.1, 0.15) is 0 Å². The zero-order valence-electron chi connectivity index (χ0n) is 8.53. The minimum Gasteiger partial charge on any atom is -0.469 e. The molecule has 0 amide bonds. The van der Waals surface area contributed by atoms with Gasteiger partial charge in [0, 0.05) is 17.5 Å². The van der Waals surface area contributed by atoms with Crippen LogP contribution in [0.4, 0.5) is 0 Å². The highest BCUT2D eigenvalue weighted by atomic mass is 35.5. The molecule has 0 aliphatic rings. The SMILES string of the molecule is COC(=O)CC=Cc1cnc(Cl)nc1C. The van der Waals surface area contributed by atoms with E-state index in [1.807, 2.05) is 6.92 Å². The van der Waals surface area contributed by atoms with Gasteiger partial charge in [-0.15, -0.1) is 0 Å². The van der Waals surface area contributed by atoms with Gasteiger partial charge in [0.05, 0.1) is 13.5 Å². The first-order chi connectivity index (χ1) is 7.13. The summed E-state index contributed by atoms with van der Waals surface area (Å²) < 4.78 is 4.49. The van der Waals surface area contributed by atoms with Crippen molar-refractivity contribution in [2.75, 3.05) is 7.11 Å². The molecule has 1 rings (SSSR count). The molecule has 0 bridgehead atoms. The maximum Gasteiger partial charge on any atom is 0.309 e. The lowest BCUT2D eigenvalue weighted by molar-refractivity contribution is -0.139. The van der Waals surface area contributed by atoms with Crippen molar-refractivity contribution < 1.29 is 9.53 Å². The van der Waals surface area contributed by atoms with E-state index in [0.717, 1.165) is 11.3 Å². The first kappa shape index (κ1) is 11.7. The molecule has 0 radical (unpaired) electrons. The Morgan fingerprint density at radius 1 is 1.67 bits per heavy atom. The van der Waals surface area contributed by atoms with Crippen molar-refractivity contribution in [2.45, 2.75) is 13.3 Å². The zero-order chi connectivity index (χ0) is 11.3. The van der Waals surface area contributed by atoms with Crippen molar-refractivity contribution in [1.29, 1.82) is 0 Å². The predicted octanol–water partition coefficient (Wildman–Crippen LogP) is 2.01. The van der Waals surface area contributed by atoms with Crippen LogP contribution < -0.4 is 0 Å². The Hall–Kier alpha value is -1.42. The van der Waals surface area contributed by atoms with E-state index in [-0.39, 0.29) is 17.7 Å². The molecule has 0 saturated heterocycles. The number of carbonyl (C=O) groups is 1. The van der Waals surface area contributed by atoms with Crippen LogP contribution >= 0.6 is 11.6 Å². The zero-order valence-corrected chi connectivity index (χ0v) is 9.28. The Bertz CT molecular complexity index is 391. The molecule has 0 atom stereocenters. The number of halogens is 1. The number of methoxy groups -OCH3 is 1. The highest BCUT2D eigenvalue weighted by Crippen LogP contribution is 2.09. The van der Waals surface area contributed by atoms with Crippen LogP contribution in [0.25, 0.3) is 6.08 Å². The van der Waals surface area contributed by atoms with Crippen molar-refractivity contribution in [2.24, 2.45) is 0 Å². The number of hydrogen-bond donors (Lipinski definition) is 0. The molecule has 4 nitrogen and oxygen atoms in total. The lowest BCUT2D eigenvalue weighted by Crippen LogP contribution is -1.97. The average molecular weight is 227 g/mol. The molecule has 0 aromatic carbocycles. The fourth-order valence-corrected chi connectivity index (χ4v) is 1.15. The average Bonchev–Trinajstić information content (AvgIpc) is 2.21. The molecule has 0 saturated carbocycles. The minimum atomic E-state index is -0.279. The van der Waals surface area contributed by atoms with Crippen LogP contribution in [0.3, 0.4) is 0 Å². The third-order valence-electron chi connectivity index (χ3n) is 1.80. The molecule has 0 spiro atoms. The van der Waals surface area contributed by atoms with Gasteiger partial charge in [-0.1, -0.05) is 12.2 Å². The Balaban J connectivity index is 2.68. The molecule has 1 aromatic heterocycles. The monoisotopic (exact) mass is 226 g/mol. The third-order valence-corrected chi connectivity index (χ3v) is 1.98. The Morgan fingerprint density at radius 3 is 3.00 bits per heavy atom. The van der Waals surface area contributed by atoms with E-state index in [0.29, 0.717) is 0 Å². The van der Waals surface area contributed by atoms with Gasteiger partial charge in [0.15, 0.2) is 0 Å². The van der Waals surface area contributed by atoms with Crippen molar-refractivity contribution in [3.63, 3.8) is 0 Å². The van der Waals surface area contributed by atoms with Crippen molar-refractivity contribution in [3.05, 3.63) is 28.8 Å². The molecule has 0 unspecified atom stereocenters. The van der Waals surface area contributed by atoms with Crippen LogP contribution in [0.15, 0.2) is 12.3 Å². The Morgan fingerprint density at radius 2 is 2.40 bits per heavy atom. The smallest absolute Gasteiger partial charge is 0.309 e. The lowest BCUT2D eigenvalue weighted by Gasteiger charge is -1.98. The van der Waals surface area contributed by atoms with E-state index in [1.165, 1.54) is 7.11 Å². The molecule has 80 valence electrons. The van der Waals surface area contributed by atoms with Crippen LogP contribution in [-0.4, -0.2) is 23.0 Å². The van der Waals surface area contributed by atoms with Crippen molar-refractivity contribution >= 4 is 23.6 Å². The number of aromatic nitrogens is 2. The summed E-state index contributed by atoms with van der Waals surface area (Å²) in [6.45, 7) is 1.82. The number of hydrogen-bond acceptors (Lipinski definition) is 4. The molecule has 15 heavy (non-hydrogen) atoms. The fourth-order valence-electron chi connectivity index (χ4n) is 0.977. The van der Waals surface area contributed by atoms with Crippen molar-refractivity contribution in [1.82, 2.24) is 9.97 Å². The standard InChI is InChI=1S/C10H11ClN2O2/c1-7-8(6-12-10(11)13-7)4-3-5-9(14)15-2/h3-4,6H,5H2,1-2H3. The third kappa shape index (κ3) is 3.67. The summed E-state index contributed by atoms with van der Waals surface area (Å²) >= 11 is 5.60. The van der Waals surface area contributed by atoms with Crippen molar-refractivity contribution in [3.8, 4) is 0 Å². The van der Waals surface area contributed by atoms with E-state index in [2.05, 4.69) is 14.7 Å². The van der Waals surface area contributed by atoms with E-state index < -0.39 is 0 Å². The normalized spacial score (nSPS) is 10.6. The molecule has 0 fully saturated rings. The molecule has 1 aromatic rings. The second-order valence-corrected chi connectivity index (χ2v) is 3.20. The van der Waals surface area contributed by atoms with Crippen LogP contribution in [0.1, 0.15) is 17.7 Å². The number of carbonyl (C=O) groups excluding carboxylic acids is 1. The van der Waals surface area contributed by atoms with Gasteiger partial charge in [-0.25, -0.2) is 9.97 Å². The van der Waals surface area contributed by atoms with E-state index in [9.17, 15) is 4.79 Å². The largest absolute Gasteiger partial charge is 0.469 e. The number of rotatable bonds is 3. The summed E-state index contributed by atoms with van der Waals surface area (Å²) in [4.78, 5) is 18.6. The number of aryl methyl sites for hydroxylation is 1. The van der Waals surface area contributed by atoms with Gasteiger partial charge in [-0.2, -0.15) is 0 Å². The van der Waals surface area contributed by atoms with Gasteiger partial charge >= 0.3 is 5.97 Å². The van der Waals surface area contributed by atoms with Gasteiger partial charge in [0.2, 0.25) is 5.28 Å². The van der Waals surface area contributed by atoms with E-state index in [1.54, 1.807) is 18.3 Å². The fraction of sp³-hybridized carbons (Fsp3) is 0.300. The van der Waals surface area contributed by atoms with E-state index in [4.69, 9.17) is 11.6 Å². The van der Waals surface area contributed by atoms with Crippen LogP contribution in [-0.2, 0) is 9.53 Å². The molecule has 5 heteroatoms. The first-order valence-electron chi connectivity index (χ1n) is 4.36. The number of nitrogens with zero attached hydrogens (tertiary/aromatic N) is 2. The summed E-state index contributed by atoms with van der Waals surface area (Å²) in [5, 5.41) is 0.220. The van der Waals surface area contributed by atoms with Crippen LogP contribution in [0.5, 0.6) is 0 Å². The van der Waals surface area contributed by atoms with Gasteiger partial charge in [0.25, 0.3) is 0 Å². The molecule has 1 heterocycles. The second-order valence-electron chi connectivity index (χ2n) is 2.86. The summed E-state index contributed by atoms with van der Waals surface area (Å²) in [7, 11) is 1.35. The minimum absolute atomic E-state index is 0.220. The van der Waals surface area contributed by atoms with Gasteiger partial charge < -0.3 is 4.74 Å². The predicted molar refractivity (Wildman–Crippen MR) is 57.4 cm³/mol. The number of esters is 1. The summed E-state index contributed by atoms with van der Waals surface area (Å²) in [6.07, 6.45) is 5.31. The molecule has 0 aliphatic heterocycles. The topological polar surface area (TPSA) is 52.1 Å². The maximum atomic E-state index is 10.8. The first-order valence-corrected chi connectivity index (χ1v) is 4.73. The summed E-state index contributed by atoms with van der Waals surface area (Å²) in [6, 6.07) is 0. The highest BCUT2D eigenvalue weighted by molar-refractivity contribution is 6.28. The quantitative estimate of drug-likeness (QED) is 0.585. The Labute approximate surface area is 92.9 Å². The summed E-state index contributed by atoms with van der Waals surface area (Å²) in [5.41, 5.74) is 1.61. The van der Waals surface area contributed by atoms with Gasteiger partial charge in [-0.05, 0) is 18.5 Å². The second kappa shape index (κ2) is 5.46. The van der Waals surface area contributed by atoms with Gasteiger partial charge in [-0.3, -0.25) is 4.79 Å². The Kier molecular flexibility index (Phi) is 4.24. The highest BCUT2D eigenvalue weighted by Gasteiger charge is 1.99. The molecule has 0 aliphatic carbocycles. The molecular formula is C10H11ClN2O2. The maximum absolute atomic E-state index is 10.8. The van der Waals surface area contributed by atoms with E-state index >= 15 is 0 Å². The molecule has 0 N–H and O–H groups in total. The number of ether oxygens (including phenoxy) is 1. The van der Waals surface area contributed by atoms with Crippen LogP contribution in [0, 0.1) is 6.92 Å².